The maximum atomic E-state index is 7.85. The molecule has 7 heteroatoms. The molecule has 0 atom stereocenters. The molecule has 388 valence electrons. The zero-order valence-electron chi connectivity index (χ0n) is 47.3. The number of thiophene rings is 2. The molecule has 0 saturated carbocycles. The minimum absolute atomic E-state index is 0.00367. The number of fused-ring (bicyclic) bond motifs is 16. The molecular weight excluding hydrogens is 998 g/mol. The van der Waals surface area contributed by atoms with Gasteiger partial charge in [0, 0.05) is 69.3 Å². The van der Waals surface area contributed by atoms with Crippen molar-refractivity contribution in [2.45, 2.75) is 105 Å². The predicted molar refractivity (Wildman–Crippen MR) is 344 cm³/mol. The first-order valence-electron chi connectivity index (χ1n) is 28.1. The molecule has 4 nitrogen and oxygen atoms in total. The number of ether oxygens (including phenoxy) is 1. The van der Waals surface area contributed by atoms with Crippen LogP contribution in [0.15, 0.2) is 170 Å². The fraction of sp³-hybridized carbons (Fsp3) is 0.222. The van der Waals surface area contributed by atoms with Gasteiger partial charge in [0.05, 0.1) is 43.8 Å². The molecule has 0 amide bonds. The number of para-hydroxylation sites is 2. The topological polar surface area (TPSA) is 22.3 Å². The standard InChI is InChI=1S/C72H64BN3OS2/c1-69(2,3)41-25-30-45(31-26-41)75-59-38-46(74-54-22-16-13-19-47(54)48-20-14-17-23-55(48)74)39-60-64(59)73(68-65(75)52-37-44(72(10,11)12)29-34-62(52)79-68)53-40-58(63-49-21-15-18-24-61(49)78-67(63)66(53)77-60)76-56-32-27-42(70(4,5)6)35-50(56)51-36-43(71(7,8)9)28-33-57(51)76/h13-40H,1-12H3. The highest BCUT2D eigenvalue weighted by Gasteiger charge is 2.46. The van der Waals surface area contributed by atoms with Crippen molar-refractivity contribution < 1.29 is 4.74 Å². The summed E-state index contributed by atoms with van der Waals surface area (Å²) >= 11 is 3.82. The lowest BCUT2D eigenvalue weighted by Crippen LogP contribution is -2.58. The lowest BCUT2D eigenvalue weighted by molar-refractivity contribution is 0.493. The van der Waals surface area contributed by atoms with Crippen molar-refractivity contribution >= 4 is 136 Å². The van der Waals surface area contributed by atoms with Crippen LogP contribution in [-0.4, -0.2) is 15.8 Å². The third-order valence-electron chi connectivity index (χ3n) is 17.4. The number of rotatable bonds is 3. The van der Waals surface area contributed by atoms with E-state index in [0.29, 0.717) is 0 Å². The van der Waals surface area contributed by atoms with E-state index in [1.807, 2.05) is 22.7 Å². The van der Waals surface area contributed by atoms with Gasteiger partial charge in [0.15, 0.2) is 0 Å². The van der Waals surface area contributed by atoms with E-state index in [1.165, 1.54) is 123 Å². The average molecular weight is 1060 g/mol. The fourth-order valence-corrected chi connectivity index (χ4v) is 15.6. The van der Waals surface area contributed by atoms with Crippen LogP contribution in [0, 0.1) is 0 Å². The van der Waals surface area contributed by atoms with E-state index in [1.54, 1.807) is 0 Å². The molecule has 0 unspecified atom stereocenters. The maximum absolute atomic E-state index is 7.85. The molecule has 15 rings (SSSR count). The second kappa shape index (κ2) is 16.5. The monoisotopic (exact) mass is 1060 g/mol. The van der Waals surface area contributed by atoms with Crippen molar-refractivity contribution in [3.63, 3.8) is 0 Å². The van der Waals surface area contributed by atoms with Crippen molar-refractivity contribution in [1.82, 2.24) is 9.13 Å². The van der Waals surface area contributed by atoms with Gasteiger partial charge in [-0.1, -0.05) is 168 Å². The van der Waals surface area contributed by atoms with E-state index < -0.39 is 0 Å². The minimum Gasteiger partial charge on any atom is -0.457 e. The van der Waals surface area contributed by atoms with Crippen LogP contribution in [0.4, 0.5) is 17.1 Å². The van der Waals surface area contributed by atoms with Crippen molar-refractivity contribution in [3.8, 4) is 22.9 Å². The first kappa shape index (κ1) is 48.5. The maximum Gasteiger partial charge on any atom is 0.269 e. The minimum atomic E-state index is -0.141. The lowest BCUT2D eigenvalue weighted by Gasteiger charge is -2.39. The van der Waals surface area contributed by atoms with Crippen LogP contribution in [-0.2, 0) is 21.7 Å². The summed E-state index contributed by atoms with van der Waals surface area (Å²) in [5.41, 5.74) is 18.2. The summed E-state index contributed by atoms with van der Waals surface area (Å²) < 4.78 is 18.0. The molecule has 2 aliphatic heterocycles. The number of benzene rings is 9. The largest absolute Gasteiger partial charge is 0.457 e. The Hall–Kier alpha value is -7.58. The zero-order chi connectivity index (χ0) is 54.4. The molecule has 79 heavy (non-hydrogen) atoms. The van der Waals surface area contributed by atoms with Crippen LogP contribution in [0.25, 0.3) is 85.2 Å². The summed E-state index contributed by atoms with van der Waals surface area (Å²) in [7, 11) is 0. The predicted octanol–water partition coefficient (Wildman–Crippen LogP) is 19.1. The summed E-state index contributed by atoms with van der Waals surface area (Å²) in [4.78, 5) is 2.60. The van der Waals surface area contributed by atoms with Crippen molar-refractivity contribution in [2.75, 3.05) is 4.90 Å². The molecule has 0 bridgehead atoms. The zero-order valence-corrected chi connectivity index (χ0v) is 48.9. The molecule has 0 aliphatic carbocycles. The van der Waals surface area contributed by atoms with Crippen LogP contribution in [0.3, 0.4) is 0 Å². The SMILES string of the molecule is CC(C)(C)c1ccc(N2c3cc(-n4c5ccccc5c5ccccc54)cc4c3B(c3cc(-n5c6ccc(C(C)(C)C)cc6c6cc(C(C)(C)C)ccc65)c5c(sc6ccccc65)c3O4)c3sc4ccc(C(C)(C)C)cc4c32)cc1. The highest BCUT2D eigenvalue weighted by molar-refractivity contribution is 7.34. The first-order valence-corrected chi connectivity index (χ1v) is 29.7. The second-order valence-electron chi connectivity index (χ2n) is 26.6. The van der Waals surface area contributed by atoms with Crippen LogP contribution in [0.5, 0.6) is 11.5 Å². The molecular formula is C72H64BN3OS2. The fourth-order valence-electron chi connectivity index (χ4n) is 13.1. The van der Waals surface area contributed by atoms with E-state index in [4.69, 9.17) is 4.74 Å². The summed E-state index contributed by atoms with van der Waals surface area (Å²) in [6.07, 6.45) is 0. The van der Waals surface area contributed by atoms with Crippen LogP contribution >= 0.6 is 22.7 Å². The number of anilines is 3. The number of hydrogen-bond acceptors (Lipinski definition) is 4. The van der Waals surface area contributed by atoms with Crippen molar-refractivity contribution in [3.05, 3.63) is 192 Å². The van der Waals surface area contributed by atoms with Gasteiger partial charge in [0.25, 0.3) is 6.71 Å². The number of aromatic nitrogens is 2. The number of nitrogens with zero attached hydrogens (tertiary/aromatic N) is 3. The Labute approximate surface area is 471 Å². The molecule has 13 aromatic rings. The molecule has 0 saturated heterocycles. The Bertz CT molecular complexity index is 4620. The summed E-state index contributed by atoms with van der Waals surface area (Å²) in [5, 5.41) is 8.79. The van der Waals surface area contributed by atoms with E-state index in [9.17, 15) is 0 Å². The van der Waals surface area contributed by atoms with Gasteiger partial charge in [-0.15, -0.1) is 22.7 Å². The quantitative estimate of drug-likeness (QED) is 0.165. The van der Waals surface area contributed by atoms with Gasteiger partial charge in [-0.25, -0.2) is 0 Å². The Kier molecular flexibility index (Phi) is 10.1. The van der Waals surface area contributed by atoms with Gasteiger partial charge in [-0.05, 0) is 134 Å². The highest BCUT2D eigenvalue weighted by atomic mass is 32.1. The summed E-state index contributed by atoms with van der Waals surface area (Å²) in [6.45, 7) is 27.8. The molecule has 0 radical (unpaired) electrons. The van der Waals surface area contributed by atoms with Crippen LogP contribution < -0.4 is 25.3 Å². The lowest BCUT2D eigenvalue weighted by atomic mass is 9.37. The van der Waals surface area contributed by atoms with Crippen LogP contribution in [0.1, 0.15) is 105 Å². The second-order valence-corrected chi connectivity index (χ2v) is 28.7. The molecule has 4 aromatic heterocycles. The Morgan fingerprint density at radius 2 is 0.911 bits per heavy atom. The van der Waals surface area contributed by atoms with Gasteiger partial charge in [-0.2, -0.15) is 0 Å². The molecule has 0 fully saturated rings. The average Bonchev–Trinajstić information content (AvgIpc) is 3.02. The third kappa shape index (κ3) is 7.17. The smallest absolute Gasteiger partial charge is 0.269 e. The van der Waals surface area contributed by atoms with Gasteiger partial charge < -0.3 is 18.8 Å². The van der Waals surface area contributed by atoms with E-state index in [0.717, 1.165) is 28.6 Å². The molecule has 6 heterocycles. The summed E-state index contributed by atoms with van der Waals surface area (Å²) in [5.74, 6) is 1.85. The third-order valence-corrected chi connectivity index (χ3v) is 19.8. The van der Waals surface area contributed by atoms with Crippen molar-refractivity contribution in [1.29, 1.82) is 0 Å². The van der Waals surface area contributed by atoms with E-state index in [-0.39, 0.29) is 28.4 Å². The van der Waals surface area contributed by atoms with Gasteiger partial charge in [0.1, 0.15) is 11.5 Å². The van der Waals surface area contributed by atoms with Gasteiger partial charge in [-0.3, -0.25) is 0 Å². The molecule has 0 spiro atoms. The Balaban J connectivity index is 1.09. The van der Waals surface area contributed by atoms with Gasteiger partial charge >= 0.3 is 0 Å². The molecule has 9 aromatic carbocycles. The van der Waals surface area contributed by atoms with Gasteiger partial charge in [0.2, 0.25) is 0 Å². The van der Waals surface area contributed by atoms with Crippen LogP contribution in [0.2, 0.25) is 0 Å². The van der Waals surface area contributed by atoms with Crippen molar-refractivity contribution in [2.24, 2.45) is 0 Å². The van der Waals surface area contributed by atoms with E-state index in [2.05, 4.69) is 267 Å². The normalized spacial score (nSPS) is 13.9. The Morgan fingerprint density at radius 3 is 1.51 bits per heavy atom. The molecule has 2 aliphatic rings. The number of hydrogen-bond donors (Lipinski definition) is 0. The van der Waals surface area contributed by atoms with E-state index >= 15 is 0 Å². The highest BCUT2D eigenvalue weighted by Crippen LogP contribution is 2.52. The summed E-state index contributed by atoms with van der Waals surface area (Å²) in [6, 6.07) is 65.2. The first-order chi connectivity index (χ1) is 37.7. The molecule has 0 N–H and O–H groups in total. The Morgan fingerprint density at radius 1 is 0.405 bits per heavy atom.